The van der Waals surface area contributed by atoms with E-state index in [1.165, 1.54) is 12.1 Å². The van der Waals surface area contributed by atoms with E-state index >= 15 is 0 Å². The summed E-state index contributed by atoms with van der Waals surface area (Å²) in [6.07, 6.45) is 0. The van der Waals surface area contributed by atoms with Gasteiger partial charge in [0.1, 0.15) is 29.1 Å². The Balaban J connectivity index is 2.33. The molecule has 0 saturated carbocycles. The number of hydrogen-bond acceptors (Lipinski definition) is 2. The number of rotatable bonds is 2. The van der Waals surface area contributed by atoms with E-state index in [0.717, 1.165) is 18.2 Å². The molecule has 0 heterocycles. The summed E-state index contributed by atoms with van der Waals surface area (Å²) in [5.74, 6) is -3.45. The van der Waals surface area contributed by atoms with E-state index in [0.29, 0.717) is 6.07 Å². The van der Waals surface area contributed by atoms with Gasteiger partial charge in [-0.3, -0.25) is 4.79 Å². The van der Waals surface area contributed by atoms with Gasteiger partial charge in [-0.15, -0.1) is 0 Å². The van der Waals surface area contributed by atoms with Crippen LogP contribution in [0.5, 0.6) is 0 Å². The van der Waals surface area contributed by atoms with Gasteiger partial charge < -0.3 is 5.32 Å². The summed E-state index contributed by atoms with van der Waals surface area (Å²) in [6.45, 7) is 0. The van der Waals surface area contributed by atoms with Crippen LogP contribution in [0.15, 0.2) is 36.4 Å². The van der Waals surface area contributed by atoms with Crippen LogP contribution in [-0.4, -0.2) is 5.91 Å². The Hall–Kier alpha value is -2.81. The number of halogens is 3. The highest BCUT2D eigenvalue weighted by molar-refractivity contribution is 6.04. The number of carbonyl (C=O) groups excluding carboxylic acids is 1. The number of nitrogens with one attached hydrogen (secondary N) is 1. The van der Waals surface area contributed by atoms with Crippen LogP contribution in [-0.2, 0) is 0 Å². The molecule has 0 fully saturated rings. The molecule has 20 heavy (non-hydrogen) atoms. The van der Waals surface area contributed by atoms with Crippen molar-refractivity contribution in [1.29, 1.82) is 5.26 Å². The van der Waals surface area contributed by atoms with Crippen molar-refractivity contribution in [3.05, 3.63) is 65.0 Å². The van der Waals surface area contributed by atoms with Crippen molar-refractivity contribution >= 4 is 11.6 Å². The molecule has 2 aromatic rings. The molecular weight excluding hydrogens is 269 g/mol. The average Bonchev–Trinajstić information content (AvgIpc) is 2.37. The largest absolute Gasteiger partial charge is 0.321 e. The van der Waals surface area contributed by atoms with Gasteiger partial charge in [0, 0.05) is 11.6 Å². The first-order chi connectivity index (χ1) is 9.51. The topological polar surface area (TPSA) is 52.9 Å². The summed E-state index contributed by atoms with van der Waals surface area (Å²) >= 11 is 0. The summed E-state index contributed by atoms with van der Waals surface area (Å²) in [6, 6.07) is 7.59. The molecule has 0 atom stereocenters. The van der Waals surface area contributed by atoms with Gasteiger partial charge in [-0.1, -0.05) is 6.07 Å². The van der Waals surface area contributed by atoms with E-state index in [-0.39, 0.29) is 16.8 Å². The Morgan fingerprint density at radius 2 is 1.75 bits per heavy atom. The molecule has 100 valence electrons. The Kier molecular flexibility index (Phi) is 3.71. The van der Waals surface area contributed by atoms with Gasteiger partial charge in [0.2, 0.25) is 0 Å². The minimum atomic E-state index is -0.908. The van der Waals surface area contributed by atoms with E-state index in [1.54, 1.807) is 6.07 Å². The number of hydrogen-bond donors (Lipinski definition) is 1. The molecule has 0 aliphatic rings. The van der Waals surface area contributed by atoms with Crippen LogP contribution in [0.3, 0.4) is 0 Å². The number of anilines is 1. The van der Waals surface area contributed by atoms with Crippen molar-refractivity contribution in [2.75, 3.05) is 5.32 Å². The van der Waals surface area contributed by atoms with Crippen LogP contribution >= 0.6 is 0 Å². The highest BCUT2D eigenvalue weighted by Gasteiger charge is 2.13. The SMILES string of the molecule is N#Cc1c(F)cccc1NC(=O)c1cc(F)cc(F)c1. The van der Waals surface area contributed by atoms with Gasteiger partial charge in [0.25, 0.3) is 5.91 Å². The monoisotopic (exact) mass is 276 g/mol. The van der Waals surface area contributed by atoms with E-state index in [2.05, 4.69) is 5.32 Å². The number of nitrogens with zero attached hydrogens (tertiary/aromatic N) is 1. The van der Waals surface area contributed by atoms with Crippen LogP contribution in [0, 0.1) is 28.8 Å². The summed E-state index contributed by atoms with van der Waals surface area (Å²) in [5.41, 5.74) is -0.685. The van der Waals surface area contributed by atoms with E-state index in [9.17, 15) is 18.0 Å². The molecule has 3 nitrogen and oxygen atoms in total. The van der Waals surface area contributed by atoms with Crippen molar-refractivity contribution in [1.82, 2.24) is 0 Å². The molecular formula is C14H7F3N2O. The third-order valence-electron chi connectivity index (χ3n) is 2.50. The average molecular weight is 276 g/mol. The molecule has 6 heteroatoms. The smallest absolute Gasteiger partial charge is 0.255 e. The van der Waals surface area contributed by atoms with Gasteiger partial charge in [-0.05, 0) is 24.3 Å². The van der Waals surface area contributed by atoms with Gasteiger partial charge >= 0.3 is 0 Å². The maximum Gasteiger partial charge on any atom is 0.255 e. The quantitative estimate of drug-likeness (QED) is 0.915. The standard InChI is InChI=1S/C14H7F3N2O/c15-9-4-8(5-10(16)6-9)14(20)19-13-3-1-2-12(17)11(13)7-18/h1-6H,(H,19,20). The molecule has 0 radical (unpaired) electrons. The van der Waals surface area contributed by atoms with Crippen molar-refractivity contribution in [2.24, 2.45) is 0 Å². The molecule has 0 aromatic heterocycles. The first-order valence-electron chi connectivity index (χ1n) is 5.47. The lowest BCUT2D eigenvalue weighted by Gasteiger charge is -2.07. The molecule has 0 aliphatic heterocycles. The number of amides is 1. The fraction of sp³-hybridized carbons (Fsp3) is 0. The lowest BCUT2D eigenvalue weighted by Crippen LogP contribution is -2.14. The zero-order chi connectivity index (χ0) is 14.7. The highest BCUT2D eigenvalue weighted by atomic mass is 19.1. The highest BCUT2D eigenvalue weighted by Crippen LogP contribution is 2.19. The minimum Gasteiger partial charge on any atom is -0.321 e. The van der Waals surface area contributed by atoms with E-state index in [1.807, 2.05) is 0 Å². The molecule has 0 bridgehead atoms. The van der Waals surface area contributed by atoms with Crippen LogP contribution in [0.4, 0.5) is 18.9 Å². The molecule has 1 amide bonds. The maximum atomic E-state index is 13.3. The van der Waals surface area contributed by atoms with Crippen molar-refractivity contribution in [3.8, 4) is 6.07 Å². The third kappa shape index (κ3) is 2.78. The molecule has 0 spiro atoms. The van der Waals surface area contributed by atoms with Crippen molar-refractivity contribution < 1.29 is 18.0 Å². The Labute approximate surface area is 112 Å². The molecule has 0 unspecified atom stereocenters. The van der Waals surface area contributed by atoms with Crippen LogP contribution in [0.25, 0.3) is 0 Å². The normalized spacial score (nSPS) is 9.90. The summed E-state index contributed by atoms with van der Waals surface area (Å²) < 4.78 is 39.3. The van der Waals surface area contributed by atoms with Crippen molar-refractivity contribution in [2.45, 2.75) is 0 Å². The first kappa shape index (κ1) is 13.6. The number of carbonyl (C=O) groups is 1. The molecule has 1 N–H and O–H groups in total. The maximum absolute atomic E-state index is 13.3. The van der Waals surface area contributed by atoms with Crippen LogP contribution < -0.4 is 5.32 Å². The van der Waals surface area contributed by atoms with E-state index in [4.69, 9.17) is 5.26 Å². The lowest BCUT2D eigenvalue weighted by atomic mass is 10.1. The van der Waals surface area contributed by atoms with Gasteiger partial charge in [-0.2, -0.15) is 5.26 Å². The van der Waals surface area contributed by atoms with Crippen LogP contribution in [0.1, 0.15) is 15.9 Å². The van der Waals surface area contributed by atoms with Crippen LogP contribution in [0.2, 0.25) is 0 Å². The van der Waals surface area contributed by atoms with Gasteiger partial charge in [-0.25, -0.2) is 13.2 Å². The minimum absolute atomic E-state index is 0.0674. The Morgan fingerprint density at radius 1 is 1.10 bits per heavy atom. The molecule has 0 aliphatic carbocycles. The Bertz CT molecular complexity index is 703. The fourth-order valence-corrected chi connectivity index (χ4v) is 1.62. The lowest BCUT2D eigenvalue weighted by molar-refractivity contribution is 0.102. The first-order valence-corrected chi connectivity index (χ1v) is 5.47. The predicted molar refractivity (Wildman–Crippen MR) is 65.4 cm³/mol. The molecule has 0 saturated heterocycles. The van der Waals surface area contributed by atoms with Gasteiger partial charge in [0.05, 0.1) is 5.69 Å². The van der Waals surface area contributed by atoms with Crippen molar-refractivity contribution in [3.63, 3.8) is 0 Å². The summed E-state index contributed by atoms with van der Waals surface area (Å²) in [7, 11) is 0. The predicted octanol–water partition coefficient (Wildman–Crippen LogP) is 3.23. The van der Waals surface area contributed by atoms with E-state index < -0.39 is 23.4 Å². The number of nitriles is 1. The second kappa shape index (κ2) is 5.45. The van der Waals surface area contributed by atoms with Gasteiger partial charge in [0.15, 0.2) is 0 Å². The Morgan fingerprint density at radius 3 is 2.35 bits per heavy atom. The third-order valence-corrected chi connectivity index (χ3v) is 2.50. The summed E-state index contributed by atoms with van der Waals surface area (Å²) in [4.78, 5) is 11.8. The molecule has 2 aromatic carbocycles. The zero-order valence-corrected chi connectivity index (χ0v) is 9.95. The summed E-state index contributed by atoms with van der Waals surface area (Å²) in [5, 5.41) is 11.0. The second-order valence-corrected chi connectivity index (χ2v) is 3.89. The molecule has 2 rings (SSSR count). The number of benzene rings is 2. The zero-order valence-electron chi connectivity index (χ0n) is 9.95. The fourth-order valence-electron chi connectivity index (χ4n) is 1.62. The second-order valence-electron chi connectivity index (χ2n) is 3.89.